The van der Waals surface area contributed by atoms with Crippen LogP contribution in [-0.2, 0) is 38.5 Å². The number of aliphatic hydroxyl groups is 3. The second kappa shape index (κ2) is 15.6. The molecule has 195 valence electrons. The number of nitrogens with zero attached hydrogens (tertiary/aromatic N) is 1. The van der Waals surface area contributed by atoms with Crippen LogP contribution in [0.3, 0.4) is 0 Å². The van der Waals surface area contributed by atoms with Crippen molar-refractivity contribution < 1.29 is 41.0 Å². The van der Waals surface area contributed by atoms with Gasteiger partial charge in [0.2, 0.25) is 5.91 Å². The molecule has 2 aromatic heterocycles. The van der Waals surface area contributed by atoms with Crippen molar-refractivity contribution >= 4 is 36.2 Å². The molecule has 10 nitrogen and oxygen atoms in total. The van der Waals surface area contributed by atoms with Gasteiger partial charge in [-0.3, -0.25) is 9.78 Å². The maximum Gasteiger partial charge on any atom is 0.137 e. The van der Waals surface area contributed by atoms with Crippen LogP contribution >= 0.6 is 19.4 Å². The molecule has 35 heavy (non-hydrogen) atoms. The van der Waals surface area contributed by atoms with Crippen LogP contribution in [0.25, 0.3) is 22.4 Å². The summed E-state index contributed by atoms with van der Waals surface area (Å²) >= 11 is 4.23. The quantitative estimate of drug-likeness (QED) is 0.240. The first-order valence-electron chi connectivity index (χ1n) is 10.8. The molecule has 2 unspecified atom stereocenters. The van der Waals surface area contributed by atoms with Crippen LogP contribution in [0, 0.1) is 0 Å². The zero-order chi connectivity index (χ0) is 25.8. The number of hydrogen-bond donors (Lipinski definition) is 5. The van der Waals surface area contributed by atoms with E-state index in [1.54, 1.807) is 12.4 Å². The first-order chi connectivity index (χ1) is 16.9. The van der Waals surface area contributed by atoms with Crippen molar-refractivity contribution in [1.29, 1.82) is 0 Å². The van der Waals surface area contributed by atoms with Gasteiger partial charge in [0.25, 0.3) is 0 Å². The molecule has 5 atom stereocenters. The Morgan fingerprint density at radius 2 is 1.83 bits per heavy atom. The van der Waals surface area contributed by atoms with E-state index in [1.807, 2.05) is 30.5 Å². The number of hydrogen-bond acceptors (Lipinski definition) is 6. The molecule has 1 amide bonds. The van der Waals surface area contributed by atoms with Gasteiger partial charge in [0, 0.05) is 36.0 Å². The van der Waals surface area contributed by atoms with Crippen molar-refractivity contribution in [1.82, 2.24) is 15.3 Å². The van der Waals surface area contributed by atoms with Crippen LogP contribution in [0.5, 0.6) is 0 Å². The van der Waals surface area contributed by atoms with Crippen LogP contribution in [-0.4, -0.2) is 74.9 Å². The van der Waals surface area contributed by atoms with Crippen LogP contribution in [0.1, 0.15) is 11.1 Å². The van der Waals surface area contributed by atoms with Gasteiger partial charge in [0.1, 0.15) is 12.4 Å². The summed E-state index contributed by atoms with van der Waals surface area (Å²) in [6.07, 6.45) is 3.09. The summed E-state index contributed by atoms with van der Waals surface area (Å²) < 4.78 is 4.68. The summed E-state index contributed by atoms with van der Waals surface area (Å²) in [7, 11) is 0. The van der Waals surface area contributed by atoms with Crippen LogP contribution in [0.15, 0.2) is 55.0 Å². The zero-order valence-electron chi connectivity index (χ0n) is 18.7. The molecule has 4 rings (SSSR count). The normalized spacial score (nSPS) is 23.5. The summed E-state index contributed by atoms with van der Waals surface area (Å²) in [5, 5.41) is 31.1. The number of amides is 1. The van der Waals surface area contributed by atoms with E-state index in [-0.39, 0.29) is 5.91 Å². The van der Waals surface area contributed by atoms with E-state index in [4.69, 9.17) is 21.7 Å². The molecule has 1 fully saturated rings. The van der Waals surface area contributed by atoms with Crippen molar-refractivity contribution in [3.63, 3.8) is 0 Å². The number of carbonyl (C=O) groups excluding carboxylic acids is 1. The van der Waals surface area contributed by atoms with Gasteiger partial charge in [-0.25, -0.2) is 0 Å². The van der Waals surface area contributed by atoms with Crippen molar-refractivity contribution in [2.45, 2.75) is 43.4 Å². The van der Waals surface area contributed by atoms with Gasteiger partial charge in [0.05, 0.1) is 19.1 Å². The number of H-pyrrole nitrogens is 1. The fourth-order valence-corrected chi connectivity index (χ4v) is 3.54. The third-order valence-corrected chi connectivity index (χ3v) is 5.44. The molecular weight excluding hydrogens is 748 g/mol. The minimum atomic E-state index is -1.40. The Balaban J connectivity index is 0.000000263. The Labute approximate surface area is 225 Å². The Morgan fingerprint density at radius 3 is 2.51 bits per heavy atom. The van der Waals surface area contributed by atoms with E-state index in [1.165, 1.54) is 10.9 Å². The second-order valence-electron chi connectivity index (χ2n) is 7.78. The number of halogens is 1. The molecule has 0 saturated carbocycles. The number of benzene rings is 1. The number of carbonyl (C=O) groups is 1. The molecule has 3 heterocycles. The molecule has 0 radical (unpaired) electrons. The monoisotopic (exact) mass is 777 g/mol. The molecule has 7 N–H and O–H groups in total. The Bertz CT molecular complexity index is 1020. The van der Waals surface area contributed by atoms with Gasteiger partial charge in [-0.05, 0) is 35.7 Å². The summed E-state index contributed by atoms with van der Waals surface area (Å²) in [6.45, 7) is 0.187. The number of aromatic amines is 1. The molecule has 0 bridgehead atoms. The van der Waals surface area contributed by atoms with Crippen LogP contribution in [0.4, 0.5) is 0 Å². The molecule has 3 aromatic rings. The molecular formula is C23H29IN5O5Pt-2. The fraction of sp³-hybridized carbons (Fsp3) is 0.391. The largest absolute Gasteiger partial charge is 0.674 e. The minimum Gasteiger partial charge on any atom is -0.674 e. The number of nitrogens with one attached hydrogen (secondary N) is 4. The average molecular weight is 777 g/mol. The average Bonchev–Trinajstić information content (AvgIpc) is 3.30. The second-order valence-corrected chi connectivity index (χ2v) is 7.78. The SMILES string of the molecule is O=C(Cc1ccncc1)NCCc1c[nH]c2ccccc12.[I][Pt].[NH-][C@H]1C(O)O[C@H](CO)C(O)[C@@H]1[NH-]. The van der Waals surface area contributed by atoms with E-state index in [0.29, 0.717) is 13.0 Å². The minimum absolute atomic E-state index is 0.0426. The Kier molecular flexibility index (Phi) is 13.3. The van der Waals surface area contributed by atoms with E-state index in [0.717, 1.165) is 17.5 Å². The summed E-state index contributed by atoms with van der Waals surface area (Å²) in [5.74, 6) is 0.0426. The van der Waals surface area contributed by atoms with E-state index < -0.39 is 37.2 Å². The van der Waals surface area contributed by atoms with Gasteiger partial charge < -0.3 is 41.8 Å². The predicted octanol–water partition coefficient (Wildman–Crippen LogP) is 2.25. The van der Waals surface area contributed by atoms with Crippen molar-refractivity contribution in [3.05, 3.63) is 77.6 Å². The van der Waals surface area contributed by atoms with E-state index >= 15 is 0 Å². The Hall–Kier alpha value is -1.44. The van der Waals surface area contributed by atoms with Gasteiger partial charge in [0.15, 0.2) is 0 Å². The number of fused-ring (bicyclic) bond motifs is 1. The number of pyridine rings is 1. The molecule has 1 aliphatic heterocycles. The third kappa shape index (κ3) is 8.87. The topological polar surface area (TPSA) is 175 Å². The molecule has 0 aliphatic carbocycles. The maximum absolute atomic E-state index is 11.9. The van der Waals surface area contributed by atoms with Gasteiger partial charge in [-0.15, -0.1) is 12.1 Å². The summed E-state index contributed by atoms with van der Waals surface area (Å²) in [6, 6.07) is 9.61. The smallest absolute Gasteiger partial charge is 0.137 e. The number of aliphatic hydroxyl groups excluding tert-OH is 3. The van der Waals surface area contributed by atoms with Crippen molar-refractivity contribution in [2.24, 2.45) is 0 Å². The van der Waals surface area contributed by atoms with Gasteiger partial charge >= 0.3 is 35.5 Å². The zero-order valence-corrected chi connectivity index (χ0v) is 23.1. The van der Waals surface area contributed by atoms with Gasteiger partial charge in [-0.2, -0.15) is 0 Å². The standard InChI is InChI=1S/C17H17N3O.C6H12N2O4.HI.Pt/c21-17(11-13-5-8-18-9-6-13)19-10-7-14-12-20-16-4-2-1-3-15(14)16;7-3-4(8)6(11)12-2(1-9)5(3)10;;/h1-6,8-9,12,20H,7,10-11H2,(H,19,21);2-11H,1H2;1H;/q;-2;;+1/p-1/t;2-,3-,4-,5?,6?;;/m.1../s1. The maximum atomic E-state index is 11.9. The predicted molar refractivity (Wildman–Crippen MR) is 137 cm³/mol. The van der Waals surface area contributed by atoms with Gasteiger partial charge in [-0.1, -0.05) is 18.2 Å². The molecule has 1 aromatic carbocycles. The summed E-state index contributed by atoms with van der Waals surface area (Å²) in [4.78, 5) is 19.1. The summed E-state index contributed by atoms with van der Waals surface area (Å²) in [5.41, 5.74) is 17.8. The number of para-hydroxylation sites is 1. The fourth-order valence-electron chi connectivity index (χ4n) is 3.54. The number of rotatable bonds is 6. The third-order valence-electron chi connectivity index (χ3n) is 5.44. The van der Waals surface area contributed by atoms with E-state index in [2.05, 4.69) is 67.6 Å². The van der Waals surface area contributed by atoms with E-state index in [9.17, 15) is 9.90 Å². The molecule has 0 spiro atoms. The molecule has 12 heteroatoms. The number of ether oxygens (including phenoxy) is 1. The first kappa shape index (κ1) is 29.8. The number of aromatic nitrogens is 2. The van der Waals surface area contributed by atoms with Crippen molar-refractivity contribution in [3.8, 4) is 0 Å². The molecule has 1 aliphatic rings. The molecule has 1 saturated heterocycles. The first-order valence-corrected chi connectivity index (χ1v) is 17.2. The van der Waals surface area contributed by atoms with Crippen LogP contribution < -0.4 is 5.32 Å². The van der Waals surface area contributed by atoms with Crippen LogP contribution in [0.2, 0.25) is 0 Å². The Morgan fingerprint density at radius 1 is 1.14 bits per heavy atom. The van der Waals surface area contributed by atoms with Crippen molar-refractivity contribution in [2.75, 3.05) is 13.2 Å².